The maximum Gasteiger partial charge on any atom is 0.305 e. The molecule has 0 heterocycles. The van der Waals surface area contributed by atoms with Crippen molar-refractivity contribution < 1.29 is 9.53 Å². The molecular weight excluding hydrogens is 344 g/mol. The van der Waals surface area contributed by atoms with Crippen molar-refractivity contribution in [2.24, 2.45) is 5.92 Å². The van der Waals surface area contributed by atoms with Crippen molar-refractivity contribution >= 4 is 5.97 Å². The van der Waals surface area contributed by atoms with Crippen molar-refractivity contribution in [1.29, 1.82) is 0 Å². The molecule has 0 aliphatic heterocycles. The van der Waals surface area contributed by atoms with Gasteiger partial charge in [-0.2, -0.15) is 0 Å². The second kappa shape index (κ2) is 14.7. The van der Waals surface area contributed by atoms with E-state index in [1.54, 1.807) is 0 Å². The van der Waals surface area contributed by atoms with Crippen LogP contribution in [0.1, 0.15) is 108 Å². The van der Waals surface area contributed by atoms with Crippen LogP contribution in [0, 0.1) is 5.92 Å². The monoisotopic (exact) mass is 386 g/mol. The number of hydrogen-bond donors (Lipinski definition) is 0. The maximum atomic E-state index is 11.6. The Morgan fingerprint density at radius 3 is 1.82 bits per heavy atom. The summed E-state index contributed by atoms with van der Waals surface area (Å²) >= 11 is 0. The minimum absolute atomic E-state index is 0.00736. The number of ether oxygens (including phenoxy) is 1. The van der Waals surface area contributed by atoms with Gasteiger partial charge < -0.3 is 4.74 Å². The number of carbonyl (C=O) groups excluding carboxylic acids is 1. The van der Waals surface area contributed by atoms with Crippen molar-refractivity contribution in [2.75, 3.05) is 6.61 Å². The Hall–Kier alpha value is -1.31. The van der Waals surface area contributed by atoms with Crippen molar-refractivity contribution in [1.82, 2.24) is 0 Å². The van der Waals surface area contributed by atoms with E-state index in [4.69, 9.17) is 4.74 Å². The highest BCUT2D eigenvalue weighted by Crippen LogP contribution is 2.28. The molecule has 0 spiro atoms. The molecule has 0 saturated heterocycles. The highest BCUT2D eigenvalue weighted by Gasteiger charge is 2.22. The van der Waals surface area contributed by atoms with E-state index in [1.807, 2.05) is 0 Å². The topological polar surface area (TPSA) is 26.3 Å². The summed E-state index contributed by atoms with van der Waals surface area (Å²) in [5, 5.41) is 0. The van der Waals surface area contributed by atoms with Gasteiger partial charge in [0, 0.05) is 6.42 Å². The van der Waals surface area contributed by atoms with E-state index in [0.29, 0.717) is 18.9 Å². The van der Waals surface area contributed by atoms with Gasteiger partial charge in [0.1, 0.15) is 0 Å². The van der Waals surface area contributed by atoms with Crippen LogP contribution in [-0.4, -0.2) is 12.6 Å². The van der Waals surface area contributed by atoms with Gasteiger partial charge in [-0.1, -0.05) is 82.6 Å². The number of carbonyl (C=O) groups is 1. The first-order chi connectivity index (χ1) is 13.8. The summed E-state index contributed by atoms with van der Waals surface area (Å²) in [6.45, 7) is 2.94. The van der Waals surface area contributed by atoms with Gasteiger partial charge in [-0.25, -0.2) is 0 Å². The predicted octanol–water partition coefficient (Wildman–Crippen LogP) is 7.43. The lowest BCUT2D eigenvalue weighted by atomic mass is 10.0. The Bertz CT molecular complexity index is 516. The third-order valence-electron chi connectivity index (χ3n) is 5.87. The van der Waals surface area contributed by atoms with E-state index in [2.05, 4.69) is 31.2 Å². The molecule has 158 valence electrons. The zero-order valence-corrected chi connectivity index (χ0v) is 18.2. The van der Waals surface area contributed by atoms with Crippen LogP contribution >= 0.6 is 0 Å². The summed E-state index contributed by atoms with van der Waals surface area (Å²) in [6.07, 6.45) is 19.6. The minimum atomic E-state index is 0.00736. The quantitative estimate of drug-likeness (QED) is 0.205. The highest BCUT2D eigenvalue weighted by molar-refractivity contribution is 5.69. The van der Waals surface area contributed by atoms with E-state index in [9.17, 15) is 4.79 Å². The third kappa shape index (κ3) is 11.5. The first kappa shape index (κ1) is 23.0. The minimum Gasteiger partial charge on any atom is -0.465 e. The molecule has 28 heavy (non-hydrogen) atoms. The first-order valence-corrected chi connectivity index (χ1v) is 12.0. The second-order valence-electron chi connectivity index (χ2n) is 8.73. The van der Waals surface area contributed by atoms with Crippen LogP contribution in [0.5, 0.6) is 0 Å². The Balaban J connectivity index is 1.41. The predicted molar refractivity (Wildman–Crippen MR) is 119 cm³/mol. The zero-order valence-electron chi connectivity index (χ0n) is 18.2. The van der Waals surface area contributed by atoms with E-state index in [0.717, 1.165) is 12.8 Å². The van der Waals surface area contributed by atoms with Gasteiger partial charge in [-0.05, 0) is 62.0 Å². The van der Waals surface area contributed by atoms with Crippen LogP contribution in [0.25, 0.3) is 0 Å². The molecule has 0 radical (unpaired) electrons. The summed E-state index contributed by atoms with van der Waals surface area (Å²) in [5.41, 5.74) is 2.96. The summed E-state index contributed by atoms with van der Waals surface area (Å²) in [5.74, 6) is 0.682. The number of benzene rings is 1. The summed E-state index contributed by atoms with van der Waals surface area (Å²) in [7, 11) is 0. The van der Waals surface area contributed by atoms with E-state index < -0.39 is 0 Å². The molecular formula is C26H42O2. The number of unbranched alkanes of at least 4 members (excludes halogenated alkanes) is 9. The lowest BCUT2D eigenvalue weighted by Gasteiger charge is -2.06. The van der Waals surface area contributed by atoms with Crippen molar-refractivity contribution in [3.05, 3.63) is 35.4 Å². The van der Waals surface area contributed by atoms with Gasteiger partial charge in [0.05, 0.1) is 6.61 Å². The third-order valence-corrected chi connectivity index (χ3v) is 5.87. The highest BCUT2D eigenvalue weighted by atomic mass is 16.5. The summed E-state index contributed by atoms with van der Waals surface area (Å²) in [4.78, 5) is 11.6. The maximum absolute atomic E-state index is 11.6. The van der Waals surface area contributed by atoms with Gasteiger partial charge in [0.25, 0.3) is 0 Å². The molecule has 0 amide bonds. The average molecular weight is 387 g/mol. The largest absolute Gasteiger partial charge is 0.465 e. The number of esters is 1. The van der Waals surface area contributed by atoms with Crippen LogP contribution in [0.2, 0.25) is 0 Å². The molecule has 0 N–H and O–H groups in total. The number of rotatable bonds is 17. The smallest absolute Gasteiger partial charge is 0.305 e. The van der Waals surface area contributed by atoms with Crippen LogP contribution in [0.4, 0.5) is 0 Å². The fourth-order valence-corrected chi connectivity index (χ4v) is 3.68. The van der Waals surface area contributed by atoms with Crippen LogP contribution < -0.4 is 0 Å². The molecule has 1 aromatic carbocycles. The lowest BCUT2D eigenvalue weighted by molar-refractivity contribution is -0.144. The number of hydrogen-bond acceptors (Lipinski definition) is 2. The second-order valence-corrected chi connectivity index (χ2v) is 8.73. The van der Waals surface area contributed by atoms with Crippen molar-refractivity contribution in [2.45, 2.75) is 110 Å². The Kier molecular flexibility index (Phi) is 12.0. The van der Waals surface area contributed by atoms with Gasteiger partial charge in [0.2, 0.25) is 0 Å². The van der Waals surface area contributed by atoms with Gasteiger partial charge in [0.15, 0.2) is 0 Å². The first-order valence-electron chi connectivity index (χ1n) is 12.0. The van der Waals surface area contributed by atoms with Crippen molar-refractivity contribution in [3.8, 4) is 0 Å². The Morgan fingerprint density at radius 2 is 1.29 bits per heavy atom. The molecule has 1 aliphatic carbocycles. The molecule has 1 aliphatic rings. The fraction of sp³-hybridized carbons (Fsp3) is 0.731. The SMILES string of the molecule is CCCCCCCCc1ccc(CCCCCCCC(=O)OCC2CC2)cc1. The number of aryl methyl sites for hydroxylation is 2. The summed E-state index contributed by atoms with van der Waals surface area (Å²) in [6, 6.07) is 9.30. The molecule has 0 bridgehead atoms. The molecule has 0 aromatic heterocycles. The normalized spacial score (nSPS) is 13.6. The summed E-state index contributed by atoms with van der Waals surface area (Å²) < 4.78 is 5.27. The molecule has 1 fully saturated rings. The lowest BCUT2D eigenvalue weighted by Crippen LogP contribution is -2.06. The molecule has 1 saturated carbocycles. The molecule has 2 rings (SSSR count). The van der Waals surface area contributed by atoms with Crippen molar-refractivity contribution in [3.63, 3.8) is 0 Å². The Labute approximate surface area is 173 Å². The van der Waals surface area contributed by atoms with Crippen LogP contribution in [-0.2, 0) is 22.4 Å². The van der Waals surface area contributed by atoms with E-state index in [-0.39, 0.29) is 5.97 Å². The molecule has 0 atom stereocenters. The molecule has 2 heteroatoms. The average Bonchev–Trinajstić information content (AvgIpc) is 3.54. The standard InChI is InChI=1S/C26H42O2/c1-2-3-4-5-7-10-13-23-16-18-24(19-17-23)14-11-8-6-9-12-15-26(27)28-22-25-20-21-25/h16-19,25H,2-15,20-22H2,1H3. The Morgan fingerprint density at radius 1 is 0.786 bits per heavy atom. The molecule has 1 aromatic rings. The fourth-order valence-electron chi connectivity index (χ4n) is 3.68. The molecule has 0 unspecified atom stereocenters. The van der Waals surface area contributed by atoms with Crippen LogP contribution in [0.15, 0.2) is 24.3 Å². The van der Waals surface area contributed by atoms with E-state index >= 15 is 0 Å². The van der Waals surface area contributed by atoms with E-state index in [1.165, 1.54) is 94.6 Å². The van der Waals surface area contributed by atoms with Crippen LogP contribution in [0.3, 0.4) is 0 Å². The van der Waals surface area contributed by atoms with Gasteiger partial charge >= 0.3 is 5.97 Å². The van der Waals surface area contributed by atoms with Gasteiger partial charge in [-0.15, -0.1) is 0 Å². The molecule has 2 nitrogen and oxygen atoms in total. The van der Waals surface area contributed by atoms with Gasteiger partial charge in [-0.3, -0.25) is 4.79 Å². The zero-order chi connectivity index (χ0) is 19.9.